The first kappa shape index (κ1) is 21.0. The number of nitrogens with zero attached hydrogens (tertiary/aromatic N) is 4. The van der Waals surface area contributed by atoms with Gasteiger partial charge in [0.2, 0.25) is 5.91 Å². The molecule has 8 heteroatoms. The van der Waals surface area contributed by atoms with Gasteiger partial charge in [0, 0.05) is 49.9 Å². The molecule has 7 nitrogen and oxygen atoms in total. The summed E-state index contributed by atoms with van der Waals surface area (Å²) in [6, 6.07) is 12.9. The van der Waals surface area contributed by atoms with E-state index in [4.69, 9.17) is 9.72 Å². The zero-order valence-corrected chi connectivity index (χ0v) is 18.1. The quantitative estimate of drug-likeness (QED) is 0.613. The van der Waals surface area contributed by atoms with Gasteiger partial charge in [0.1, 0.15) is 10.8 Å². The van der Waals surface area contributed by atoms with Crippen molar-refractivity contribution >= 4 is 23.2 Å². The SMILES string of the molecule is CC(=O)N1CCC(c2nc(-c3cccnc3)cs2)N(C(=O)COc2ccccc2)CC1. The smallest absolute Gasteiger partial charge is 0.261 e. The Balaban J connectivity index is 1.55. The third-order valence-electron chi connectivity index (χ3n) is 5.29. The van der Waals surface area contributed by atoms with Gasteiger partial charge in [-0.25, -0.2) is 4.98 Å². The summed E-state index contributed by atoms with van der Waals surface area (Å²) in [5.74, 6) is 0.557. The molecule has 0 aliphatic carbocycles. The number of pyridine rings is 1. The molecule has 4 rings (SSSR count). The minimum absolute atomic E-state index is 0.0174. The molecule has 1 saturated heterocycles. The van der Waals surface area contributed by atoms with Crippen LogP contribution in [0, 0.1) is 0 Å². The number of rotatable bonds is 5. The first-order chi connectivity index (χ1) is 15.1. The van der Waals surface area contributed by atoms with Crippen LogP contribution in [0.3, 0.4) is 0 Å². The van der Waals surface area contributed by atoms with Crippen molar-refractivity contribution in [2.24, 2.45) is 0 Å². The molecule has 31 heavy (non-hydrogen) atoms. The Kier molecular flexibility index (Phi) is 6.57. The number of hydrogen-bond donors (Lipinski definition) is 0. The number of carbonyl (C=O) groups is 2. The third kappa shape index (κ3) is 5.08. The average molecular weight is 437 g/mol. The number of carbonyl (C=O) groups excluding carboxylic acids is 2. The summed E-state index contributed by atoms with van der Waals surface area (Å²) in [4.78, 5) is 37.6. The molecule has 2 aromatic heterocycles. The van der Waals surface area contributed by atoms with Crippen LogP contribution in [0.5, 0.6) is 5.75 Å². The van der Waals surface area contributed by atoms with Crippen molar-refractivity contribution in [3.63, 3.8) is 0 Å². The second-order valence-corrected chi connectivity index (χ2v) is 8.20. The predicted molar refractivity (Wildman–Crippen MR) is 119 cm³/mol. The zero-order chi connectivity index (χ0) is 21.6. The summed E-state index contributed by atoms with van der Waals surface area (Å²) >= 11 is 1.53. The number of ether oxygens (including phenoxy) is 1. The molecule has 160 valence electrons. The summed E-state index contributed by atoms with van der Waals surface area (Å²) in [7, 11) is 0. The van der Waals surface area contributed by atoms with Gasteiger partial charge in [0.25, 0.3) is 5.91 Å². The van der Waals surface area contributed by atoms with Gasteiger partial charge in [-0.3, -0.25) is 14.6 Å². The standard InChI is InChI=1S/C23H24N4O3S/c1-17(28)26-11-9-21(23-25-20(16-31-23)18-6-5-10-24-14-18)27(13-12-26)22(29)15-30-19-7-3-2-4-8-19/h2-8,10,14,16,21H,9,11-13,15H2,1H3. The maximum absolute atomic E-state index is 13.1. The Morgan fingerprint density at radius 3 is 2.71 bits per heavy atom. The van der Waals surface area contributed by atoms with E-state index < -0.39 is 0 Å². The van der Waals surface area contributed by atoms with Crippen molar-refractivity contribution in [2.45, 2.75) is 19.4 Å². The Labute approximate surface area is 185 Å². The number of hydrogen-bond acceptors (Lipinski definition) is 6. The maximum atomic E-state index is 13.1. The van der Waals surface area contributed by atoms with Gasteiger partial charge in [0.15, 0.2) is 6.61 Å². The maximum Gasteiger partial charge on any atom is 0.261 e. The van der Waals surface area contributed by atoms with Gasteiger partial charge in [-0.2, -0.15) is 0 Å². The third-order valence-corrected chi connectivity index (χ3v) is 6.24. The number of thiazole rings is 1. The molecule has 0 spiro atoms. The molecular formula is C23H24N4O3S. The lowest BCUT2D eigenvalue weighted by Crippen LogP contribution is -2.40. The lowest BCUT2D eigenvalue weighted by atomic mass is 10.1. The molecule has 0 saturated carbocycles. The van der Waals surface area contributed by atoms with Gasteiger partial charge in [-0.1, -0.05) is 18.2 Å². The highest BCUT2D eigenvalue weighted by molar-refractivity contribution is 7.10. The second kappa shape index (κ2) is 9.70. The van der Waals surface area contributed by atoms with Crippen LogP contribution in [0.4, 0.5) is 0 Å². The molecule has 3 aromatic rings. The van der Waals surface area contributed by atoms with E-state index >= 15 is 0 Å². The fourth-order valence-corrected chi connectivity index (χ4v) is 4.61. The van der Waals surface area contributed by atoms with Crippen LogP contribution < -0.4 is 4.74 Å². The van der Waals surface area contributed by atoms with Crippen LogP contribution in [-0.4, -0.2) is 57.8 Å². The molecule has 0 N–H and O–H groups in total. The molecule has 1 fully saturated rings. The van der Waals surface area contributed by atoms with Gasteiger partial charge in [-0.05, 0) is 30.7 Å². The summed E-state index contributed by atoms with van der Waals surface area (Å²) in [6.07, 6.45) is 4.14. The van der Waals surface area contributed by atoms with Crippen LogP contribution >= 0.6 is 11.3 Å². The van der Waals surface area contributed by atoms with Gasteiger partial charge >= 0.3 is 0 Å². The van der Waals surface area contributed by atoms with E-state index in [-0.39, 0.29) is 24.5 Å². The zero-order valence-electron chi connectivity index (χ0n) is 17.3. The lowest BCUT2D eigenvalue weighted by molar-refractivity contribution is -0.136. The molecule has 1 atom stereocenters. The summed E-state index contributed by atoms with van der Waals surface area (Å²) in [5.41, 5.74) is 1.78. The minimum atomic E-state index is -0.202. The fourth-order valence-electron chi connectivity index (χ4n) is 3.63. The molecule has 1 aliphatic heterocycles. The van der Waals surface area contributed by atoms with Crippen LogP contribution in [0.15, 0.2) is 60.2 Å². The molecule has 0 radical (unpaired) electrons. The Bertz CT molecular complexity index is 1030. The molecule has 0 bridgehead atoms. The van der Waals surface area contributed by atoms with E-state index in [1.54, 1.807) is 29.1 Å². The van der Waals surface area contributed by atoms with Crippen LogP contribution in [0.1, 0.15) is 24.4 Å². The topological polar surface area (TPSA) is 75.6 Å². The van der Waals surface area contributed by atoms with E-state index in [9.17, 15) is 9.59 Å². The monoisotopic (exact) mass is 436 g/mol. The Morgan fingerprint density at radius 1 is 1.13 bits per heavy atom. The second-order valence-electron chi connectivity index (χ2n) is 7.31. The summed E-state index contributed by atoms with van der Waals surface area (Å²) in [5, 5.41) is 2.85. The van der Waals surface area contributed by atoms with E-state index in [0.717, 1.165) is 16.3 Å². The molecule has 1 aliphatic rings. The van der Waals surface area contributed by atoms with Crippen LogP contribution in [0.25, 0.3) is 11.3 Å². The van der Waals surface area contributed by atoms with Gasteiger partial charge in [0.05, 0.1) is 11.7 Å². The fraction of sp³-hybridized carbons (Fsp3) is 0.304. The average Bonchev–Trinajstić information content (AvgIpc) is 3.18. The highest BCUT2D eigenvalue weighted by atomic mass is 32.1. The normalized spacial score (nSPS) is 16.6. The summed E-state index contributed by atoms with van der Waals surface area (Å²) in [6.45, 7) is 3.05. The van der Waals surface area contributed by atoms with Crippen molar-refractivity contribution in [3.8, 4) is 17.0 Å². The highest BCUT2D eigenvalue weighted by Crippen LogP contribution is 2.32. The van der Waals surface area contributed by atoms with Crippen molar-refractivity contribution in [2.75, 3.05) is 26.2 Å². The van der Waals surface area contributed by atoms with Crippen molar-refractivity contribution in [1.82, 2.24) is 19.8 Å². The predicted octanol–water partition coefficient (Wildman–Crippen LogP) is 3.41. The molecular weight excluding hydrogens is 412 g/mol. The number of para-hydroxylation sites is 1. The Hall–Kier alpha value is -3.26. The van der Waals surface area contributed by atoms with E-state index in [0.29, 0.717) is 31.8 Å². The van der Waals surface area contributed by atoms with Crippen molar-refractivity contribution in [3.05, 3.63) is 65.2 Å². The number of benzene rings is 1. The number of aromatic nitrogens is 2. The summed E-state index contributed by atoms with van der Waals surface area (Å²) < 4.78 is 5.70. The van der Waals surface area contributed by atoms with Gasteiger partial charge < -0.3 is 14.5 Å². The van der Waals surface area contributed by atoms with Crippen molar-refractivity contribution < 1.29 is 14.3 Å². The first-order valence-corrected chi connectivity index (χ1v) is 11.1. The first-order valence-electron chi connectivity index (χ1n) is 10.2. The number of amides is 2. The van der Waals surface area contributed by atoms with Gasteiger partial charge in [-0.15, -0.1) is 11.3 Å². The highest BCUT2D eigenvalue weighted by Gasteiger charge is 2.32. The molecule has 1 unspecified atom stereocenters. The molecule has 1 aromatic carbocycles. The lowest BCUT2D eigenvalue weighted by Gasteiger charge is -2.28. The largest absolute Gasteiger partial charge is 0.484 e. The van der Waals surface area contributed by atoms with E-state index in [2.05, 4.69) is 4.98 Å². The minimum Gasteiger partial charge on any atom is -0.484 e. The van der Waals surface area contributed by atoms with Crippen molar-refractivity contribution in [1.29, 1.82) is 0 Å². The van der Waals surface area contributed by atoms with E-state index in [1.165, 1.54) is 11.3 Å². The molecule has 3 heterocycles. The van der Waals surface area contributed by atoms with Crippen LogP contribution in [-0.2, 0) is 9.59 Å². The molecule has 2 amide bonds. The van der Waals surface area contributed by atoms with Crippen LogP contribution in [0.2, 0.25) is 0 Å². The van der Waals surface area contributed by atoms with E-state index in [1.807, 2.05) is 47.8 Å². The Morgan fingerprint density at radius 2 is 1.97 bits per heavy atom.